The number of rotatable bonds is 3. The molecule has 1 saturated carbocycles. The molecule has 0 aliphatic heterocycles. The third kappa shape index (κ3) is 2.66. The summed E-state index contributed by atoms with van der Waals surface area (Å²) in [4.78, 5) is 13.0. The summed E-state index contributed by atoms with van der Waals surface area (Å²) < 4.78 is 1.95. The van der Waals surface area contributed by atoms with Crippen molar-refractivity contribution in [3.63, 3.8) is 0 Å². The molecule has 0 aromatic carbocycles. The molecular weight excluding hydrogens is 298 g/mol. The molecule has 0 saturated heterocycles. The van der Waals surface area contributed by atoms with E-state index in [4.69, 9.17) is 0 Å². The zero-order valence-corrected chi connectivity index (χ0v) is 12.8. The second kappa shape index (κ2) is 5.96. The van der Waals surface area contributed by atoms with E-state index in [2.05, 4.69) is 30.5 Å². The van der Waals surface area contributed by atoms with E-state index in [9.17, 15) is 0 Å². The molecule has 8 heteroatoms. The third-order valence-electron chi connectivity index (χ3n) is 3.89. The molecule has 0 amide bonds. The standard InChI is InChI=1S/C14H15N7S/c1-2-4-10(5-3-1)21-14(18-19-20-21)22-12-7-6-11-13(17-12)16-9-8-15-11/h6-10H,1-5H2. The molecule has 0 radical (unpaired) electrons. The lowest BCUT2D eigenvalue weighted by Crippen LogP contribution is -2.15. The smallest absolute Gasteiger partial charge is 0.215 e. The molecule has 0 N–H and O–H groups in total. The van der Waals surface area contributed by atoms with Crippen LogP contribution in [0.1, 0.15) is 38.1 Å². The second-order valence-corrected chi connectivity index (χ2v) is 6.34. The summed E-state index contributed by atoms with van der Waals surface area (Å²) in [6.45, 7) is 0. The second-order valence-electron chi connectivity index (χ2n) is 5.35. The minimum Gasteiger partial charge on any atom is -0.251 e. The van der Waals surface area contributed by atoms with Crippen molar-refractivity contribution in [2.45, 2.75) is 48.3 Å². The Hall–Kier alpha value is -2.09. The van der Waals surface area contributed by atoms with Crippen LogP contribution in [-0.4, -0.2) is 35.2 Å². The van der Waals surface area contributed by atoms with Crippen LogP contribution in [0.2, 0.25) is 0 Å². The highest BCUT2D eigenvalue weighted by molar-refractivity contribution is 7.99. The van der Waals surface area contributed by atoms with Gasteiger partial charge in [0, 0.05) is 12.4 Å². The van der Waals surface area contributed by atoms with Gasteiger partial charge in [-0.15, -0.1) is 5.10 Å². The minimum atomic E-state index is 0.409. The van der Waals surface area contributed by atoms with Crippen LogP contribution in [0.15, 0.2) is 34.7 Å². The third-order valence-corrected chi connectivity index (χ3v) is 4.77. The maximum atomic E-state index is 4.52. The zero-order valence-electron chi connectivity index (χ0n) is 12.0. The van der Waals surface area contributed by atoms with E-state index in [1.165, 1.54) is 31.0 Å². The quantitative estimate of drug-likeness (QED) is 0.735. The van der Waals surface area contributed by atoms with Crippen molar-refractivity contribution in [1.82, 2.24) is 35.2 Å². The molecule has 1 fully saturated rings. The van der Waals surface area contributed by atoms with Crippen molar-refractivity contribution in [3.8, 4) is 0 Å². The maximum Gasteiger partial charge on any atom is 0.215 e. The van der Waals surface area contributed by atoms with Crippen molar-refractivity contribution in [1.29, 1.82) is 0 Å². The molecule has 7 nitrogen and oxygen atoms in total. The van der Waals surface area contributed by atoms with Crippen molar-refractivity contribution in [3.05, 3.63) is 24.5 Å². The Bertz CT molecular complexity index is 781. The van der Waals surface area contributed by atoms with Crippen molar-refractivity contribution < 1.29 is 0 Å². The van der Waals surface area contributed by atoms with E-state index >= 15 is 0 Å². The Morgan fingerprint density at radius 1 is 1.05 bits per heavy atom. The van der Waals surface area contributed by atoms with Crippen LogP contribution in [0.3, 0.4) is 0 Å². The summed E-state index contributed by atoms with van der Waals surface area (Å²) >= 11 is 1.48. The number of pyridine rings is 1. The highest BCUT2D eigenvalue weighted by Crippen LogP contribution is 2.32. The minimum absolute atomic E-state index is 0.409. The average molecular weight is 313 g/mol. The molecular formula is C14H15N7S. The first-order valence-corrected chi connectivity index (χ1v) is 8.25. The molecule has 3 aromatic rings. The number of fused-ring (bicyclic) bond motifs is 1. The van der Waals surface area contributed by atoms with Gasteiger partial charge in [0.2, 0.25) is 5.16 Å². The fourth-order valence-electron chi connectivity index (χ4n) is 2.79. The van der Waals surface area contributed by atoms with Gasteiger partial charge in [-0.25, -0.2) is 14.6 Å². The highest BCUT2D eigenvalue weighted by atomic mass is 32.2. The normalized spacial score (nSPS) is 16.2. The Kier molecular flexibility index (Phi) is 3.67. The predicted octanol–water partition coefficient (Wildman–Crippen LogP) is 2.67. The van der Waals surface area contributed by atoms with Gasteiger partial charge in [0.1, 0.15) is 10.5 Å². The predicted molar refractivity (Wildman–Crippen MR) is 81.4 cm³/mol. The van der Waals surface area contributed by atoms with Gasteiger partial charge in [-0.1, -0.05) is 19.3 Å². The number of aromatic nitrogens is 7. The molecule has 3 aromatic heterocycles. The summed E-state index contributed by atoms with van der Waals surface area (Å²) in [6.07, 6.45) is 9.42. The van der Waals surface area contributed by atoms with Gasteiger partial charge < -0.3 is 0 Å². The summed E-state index contributed by atoms with van der Waals surface area (Å²) in [6, 6.07) is 4.26. The molecule has 1 aliphatic rings. The SMILES string of the molecule is c1cnc2nc(Sc3nnnn3C3CCCCC3)ccc2n1. The molecule has 0 bridgehead atoms. The van der Waals surface area contributed by atoms with E-state index in [0.717, 1.165) is 28.5 Å². The molecule has 0 atom stereocenters. The molecule has 1 aliphatic carbocycles. The van der Waals surface area contributed by atoms with Gasteiger partial charge in [0.05, 0.1) is 6.04 Å². The van der Waals surface area contributed by atoms with Gasteiger partial charge >= 0.3 is 0 Å². The Balaban J connectivity index is 1.61. The van der Waals surface area contributed by atoms with E-state index in [0.29, 0.717) is 11.7 Å². The van der Waals surface area contributed by atoms with Gasteiger partial charge in [0.25, 0.3) is 0 Å². The van der Waals surface area contributed by atoms with Crippen LogP contribution in [-0.2, 0) is 0 Å². The lowest BCUT2D eigenvalue weighted by atomic mass is 9.96. The number of hydrogen-bond donors (Lipinski definition) is 0. The Morgan fingerprint density at radius 3 is 2.82 bits per heavy atom. The van der Waals surface area contributed by atoms with Crippen LogP contribution in [0.5, 0.6) is 0 Å². The molecule has 0 spiro atoms. The van der Waals surface area contributed by atoms with E-state index in [-0.39, 0.29) is 0 Å². The summed E-state index contributed by atoms with van der Waals surface area (Å²) in [7, 11) is 0. The van der Waals surface area contributed by atoms with Gasteiger partial charge in [0.15, 0.2) is 5.65 Å². The summed E-state index contributed by atoms with van der Waals surface area (Å²) in [5.74, 6) is 0. The van der Waals surface area contributed by atoms with Gasteiger partial charge in [-0.2, -0.15) is 0 Å². The molecule has 0 unspecified atom stereocenters. The monoisotopic (exact) mass is 313 g/mol. The first kappa shape index (κ1) is 13.6. The lowest BCUT2D eigenvalue weighted by Gasteiger charge is -2.21. The Morgan fingerprint density at radius 2 is 1.91 bits per heavy atom. The van der Waals surface area contributed by atoms with Crippen molar-refractivity contribution >= 4 is 22.9 Å². The van der Waals surface area contributed by atoms with E-state index in [1.54, 1.807) is 12.4 Å². The van der Waals surface area contributed by atoms with Crippen LogP contribution < -0.4 is 0 Å². The van der Waals surface area contributed by atoms with Crippen LogP contribution in [0.25, 0.3) is 11.2 Å². The van der Waals surface area contributed by atoms with E-state index in [1.807, 2.05) is 16.8 Å². The first-order valence-electron chi connectivity index (χ1n) is 7.43. The summed E-state index contributed by atoms with van der Waals surface area (Å²) in [5.41, 5.74) is 1.43. The molecule has 112 valence electrons. The number of hydrogen-bond acceptors (Lipinski definition) is 7. The fraction of sp³-hybridized carbons (Fsp3) is 0.429. The molecule has 3 heterocycles. The van der Waals surface area contributed by atoms with Crippen LogP contribution in [0, 0.1) is 0 Å². The van der Waals surface area contributed by atoms with E-state index < -0.39 is 0 Å². The zero-order chi connectivity index (χ0) is 14.8. The maximum absolute atomic E-state index is 4.52. The average Bonchev–Trinajstić information content (AvgIpc) is 3.04. The topological polar surface area (TPSA) is 82.3 Å². The highest BCUT2D eigenvalue weighted by Gasteiger charge is 2.20. The van der Waals surface area contributed by atoms with Gasteiger partial charge in [-0.3, -0.25) is 4.98 Å². The first-order chi connectivity index (χ1) is 10.9. The molecule has 22 heavy (non-hydrogen) atoms. The van der Waals surface area contributed by atoms with Gasteiger partial charge in [-0.05, 0) is 47.2 Å². The largest absolute Gasteiger partial charge is 0.251 e. The van der Waals surface area contributed by atoms with Crippen LogP contribution >= 0.6 is 11.8 Å². The molecule has 4 rings (SSSR count). The number of nitrogens with zero attached hydrogens (tertiary/aromatic N) is 7. The fourth-order valence-corrected chi connectivity index (χ4v) is 3.61. The van der Waals surface area contributed by atoms with Crippen molar-refractivity contribution in [2.24, 2.45) is 0 Å². The number of tetrazole rings is 1. The van der Waals surface area contributed by atoms with Crippen LogP contribution in [0.4, 0.5) is 0 Å². The lowest BCUT2D eigenvalue weighted by molar-refractivity contribution is 0.307. The summed E-state index contributed by atoms with van der Waals surface area (Å²) in [5, 5.41) is 13.8. The van der Waals surface area contributed by atoms with Crippen molar-refractivity contribution in [2.75, 3.05) is 0 Å². The Labute approximate surface area is 131 Å².